The van der Waals surface area contributed by atoms with Gasteiger partial charge in [0.1, 0.15) is 0 Å². The van der Waals surface area contributed by atoms with Crippen LogP contribution in [-0.2, 0) is 0 Å². The molecule has 88 valence electrons. The van der Waals surface area contributed by atoms with Crippen molar-refractivity contribution >= 4 is 0 Å². The summed E-state index contributed by atoms with van der Waals surface area (Å²) in [5, 5.41) is 10.8. The van der Waals surface area contributed by atoms with Crippen molar-refractivity contribution in [3.05, 3.63) is 0 Å². The average molecular weight is 211 g/mol. The first-order chi connectivity index (χ1) is 7.12. The molecule has 0 heterocycles. The Morgan fingerprint density at radius 3 is 2.33 bits per heavy atom. The highest BCUT2D eigenvalue weighted by atomic mass is 16.3. The van der Waals surface area contributed by atoms with Crippen LogP contribution in [0.5, 0.6) is 0 Å². The molecule has 0 aromatic heterocycles. The molecule has 3 N–H and O–H groups in total. The number of aliphatic hydroxyl groups is 1. The molecular weight excluding hydrogens is 186 g/mol. The van der Waals surface area contributed by atoms with E-state index in [2.05, 4.69) is 13.8 Å². The van der Waals surface area contributed by atoms with Crippen molar-refractivity contribution in [2.75, 3.05) is 6.54 Å². The van der Waals surface area contributed by atoms with Gasteiger partial charge in [0.25, 0.3) is 0 Å². The molecule has 0 aliphatic heterocycles. The van der Waals surface area contributed by atoms with Gasteiger partial charge >= 0.3 is 0 Å². The topological polar surface area (TPSA) is 46.2 Å². The summed E-state index contributed by atoms with van der Waals surface area (Å²) < 4.78 is 0. The monoisotopic (exact) mass is 211 g/mol. The van der Waals surface area contributed by atoms with Gasteiger partial charge in [0, 0.05) is 12.0 Å². The molecule has 0 aromatic carbocycles. The van der Waals surface area contributed by atoms with Gasteiger partial charge in [-0.2, -0.15) is 0 Å². The summed E-state index contributed by atoms with van der Waals surface area (Å²) in [6, 6.07) is 0. The van der Waals surface area contributed by atoms with Gasteiger partial charge in [-0.3, -0.25) is 0 Å². The minimum absolute atomic E-state index is 0.0411. The molecule has 15 heavy (non-hydrogen) atoms. The van der Waals surface area contributed by atoms with E-state index in [0.717, 1.165) is 18.8 Å². The standard InChI is InChI=1S/C13H25NO/c1-3-13(15,4-2)12(9-14)8-10-5-6-11(12)7-10/h10-11,15H,3-9,14H2,1-2H3. The van der Waals surface area contributed by atoms with Crippen molar-refractivity contribution in [3.8, 4) is 0 Å². The molecule has 2 bridgehead atoms. The SMILES string of the molecule is CCC(O)(CC)C1(CN)CC2CCC1C2. The van der Waals surface area contributed by atoms with E-state index in [0.29, 0.717) is 12.5 Å². The third kappa shape index (κ3) is 1.38. The summed E-state index contributed by atoms with van der Waals surface area (Å²) in [4.78, 5) is 0. The van der Waals surface area contributed by atoms with Gasteiger partial charge in [-0.05, 0) is 43.9 Å². The lowest BCUT2D eigenvalue weighted by molar-refractivity contribution is -0.114. The Bertz CT molecular complexity index is 237. The van der Waals surface area contributed by atoms with E-state index in [1.165, 1.54) is 25.7 Å². The molecule has 3 atom stereocenters. The number of fused-ring (bicyclic) bond motifs is 2. The van der Waals surface area contributed by atoms with Gasteiger partial charge in [0.2, 0.25) is 0 Å². The zero-order valence-electron chi connectivity index (χ0n) is 10.1. The summed E-state index contributed by atoms with van der Waals surface area (Å²) >= 11 is 0. The van der Waals surface area contributed by atoms with Crippen molar-refractivity contribution in [1.82, 2.24) is 0 Å². The highest BCUT2D eigenvalue weighted by Crippen LogP contribution is 2.61. The molecule has 0 amide bonds. The molecule has 2 fully saturated rings. The second-order valence-electron chi connectivity index (χ2n) is 5.68. The highest BCUT2D eigenvalue weighted by Gasteiger charge is 2.59. The van der Waals surface area contributed by atoms with Crippen LogP contribution in [0, 0.1) is 17.3 Å². The van der Waals surface area contributed by atoms with Crippen LogP contribution in [0.25, 0.3) is 0 Å². The zero-order chi connectivity index (χ0) is 11.1. The molecule has 0 radical (unpaired) electrons. The lowest BCUT2D eigenvalue weighted by Gasteiger charge is -2.49. The van der Waals surface area contributed by atoms with E-state index in [1.807, 2.05) is 0 Å². The molecule has 2 rings (SSSR count). The predicted octanol–water partition coefficient (Wildman–Crippen LogP) is 2.30. The fraction of sp³-hybridized carbons (Fsp3) is 1.00. The van der Waals surface area contributed by atoms with Gasteiger partial charge < -0.3 is 10.8 Å². The summed E-state index contributed by atoms with van der Waals surface area (Å²) in [5.74, 6) is 1.54. The molecule has 2 aliphatic rings. The Labute approximate surface area is 93.2 Å². The van der Waals surface area contributed by atoms with E-state index in [-0.39, 0.29) is 5.41 Å². The number of hydrogen-bond acceptors (Lipinski definition) is 2. The minimum Gasteiger partial charge on any atom is -0.389 e. The van der Waals surface area contributed by atoms with Crippen molar-refractivity contribution in [2.45, 2.75) is 58.0 Å². The van der Waals surface area contributed by atoms with Crippen LogP contribution in [-0.4, -0.2) is 17.3 Å². The fourth-order valence-corrected chi connectivity index (χ4v) is 4.41. The van der Waals surface area contributed by atoms with E-state index in [4.69, 9.17) is 5.73 Å². The van der Waals surface area contributed by atoms with Crippen LogP contribution in [0.1, 0.15) is 52.4 Å². The number of rotatable bonds is 4. The van der Waals surface area contributed by atoms with Crippen LogP contribution >= 0.6 is 0 Å². The van der Waals surface area contributed by atoms with Gasteiger partial charge in [-0.1, -0.05) is 20.3 Å². The Balaban J connectivity index is 2.29. The second kappa shape index (κ2) is 3.74. The molecule has 2 nitrogen and oxygen atoms in total. The largest absolute Gasteiger partial charge is 0.389 e. The zero-order valence-corrected chi connectivity index (χ0v) is 10.1. The van der Waals surface area contributed by atoms with Crippen molar-refractivity contribution in [3.63, 3.8) is 0 Å². The number of nitrogens with two attached hydrogens (primary N) is 1. The van der Waals surface area contributed by atoms with Crippen molar-refractivity contribution in [1.29, 1.82) is 0 Å². The van der Waals surface area contributed by atoms with E-state index in [9.17, 15) is 5.11 Å². The first-order valence-corrected chi connectivity index (χ1v) is 6.54. The summed E-state index contributed by atoms with van der Waals surface area (Å²) in [6.45, 7) is 4.88. The van der Waals surface area contributed by atoms with Crippen LogP contribution in [0.2, 0.25) is 0 Å². The predicted molar refractivity (Wildman–Crippen MR) is 62.5 cm³/mol. The van der Waals surface area contributed by atoms with Crippen LogP contribution in [0.3, 0.4) is 0 Å². The third-order valence-corrected chi connectivity index (χ3v) is 5.44. The molecule has 2 heteroatoms. The maximum absolute atomic E-state index is 10.8. The lowest BCUT2D eigenvalue weighted by Crippen LogP contribution is -2.55. The van der Waals surface area contributed by atoms with Gasteiger partial charge in [0.15, 0.2) is 0 Å². The Kier molecular flexibility index (Phi) is 2.85. The molecule has 0 aromatic rings. The Morgan fingerprint density at radius 1 is 1.33 bits per heavy atom. The third-order valence-electron chi connectivity index (χ3n) is 5.44. The smallest absolute Gasteiger partial charge is 0.0713 e. The highest BCUT2D eigenvalue weighted by molar-refractivity contribution is 5.10. The minimum atomic E-state index is -0.512. The van der Waals surface area contributed by atoms with E-state index < -0.39 is 5.60 Å². The number of hydrogen-bond donors (Lipinski definition) is 2. The van der Waals surface area contributed by atoms with Crippen LogP contribution in [0.15, 0.2) is 0 Å². The van der Waals surface area contributed by atoms with Crippen LogP contribution in [0.4, 0.5) is 0 Å². The summed E-state index contributed by atoms with van der Waals surface area (Å²) in [7, 11) is 0. The van der Waals surface area contributed by atoms with Gasteiger partial charge in [0.05, 0.1) is 5.60 Å². The normalized spacial score (nSPS) is 40.0. The molecule has 3 unspecified atom stereocenters. The molecule has 2 aliphatic carbocycles. The van der Waals surface area contributed by atoms with Crippen molar-refractivity contribution in [2.24, 2.45) is 23.0 Å². The van der Waals surface area contributed by atoms with Gasteiger partial charge in [-0.25, -0.2) is 0 Å². The Morgan fingerprint density at radius 2 is 2.00 bits per heavy atom. The Hall–Kier alpha value is -0.0800. The first-order valence-electron chi connectivity index (χ1n) is 6.54. The lowest BCUT2D eigenvalue weighted by atomic mass is 9.60. The second-order valence-corrected chi connectivity index (χ2v) is 5.68. The maximum Gasteiger partial charge on any atom is 0.0713 e. The van der Waals surface area contributed by atoms with Crippen molar-refractivity contribution < 1.29 is 5.11 Å². The fourth-order valence-electron chi connectivity index (χ4n) is 4.41. The summed E-state index contributed by atoms with van der Waals surface area (Å²) in [6.07, 6.45) is 6.86. The molecule has 0 spiro atoms. The molecular formula is C13H25NO. The average Bonchev–Trinajstić information content (AvgIpc) is 2.88. The summed E-state index contributed by atoms with van der Waals surface area (Å²) in [5.41, 5.74) is 5.56. The van der Waals surface area contributed by atoms with E-state index in [1.54, 1.807) is 0 Å². The first kappa shape index (κ1) is 11.4. The quantitative estimate of drug-likeness (QED) is 0.749. The maximum atomic E-state index is 10.8. The van der Waals surface area contributed by atoms with Gasteiger partial charge in [-0.15, -0.1) is 0 Å². The van der Waals surface area contributed by atoms with E-state index >= 15 is 0 Å². The molecule has 0 saturated heterocycles. The molecule has 2 saturated carbocycles. The van der Waals surface area contributed by atoms with Crippen LogP contribution < -0.4 is 5.73 Å².